The van der Waals surface area contributed by atoms with E-state index in [0.717, 1.165) is 10.0 Å². The number of rotatable bonds is 3. The Bertz CT molecular complexity index is 683. The zero-order valence-electron chi connectivity index (χ0n) is 10.8. The molecule has 20 heavy (non-hydrogen) atoms. The van der Waals surface area contributed by atoms with E-state index in [1.54, 1.807) is 24.3 Å². The van der Waals surface area contributed by atoms with E-state index in [2.05, 4.69) is 21.2 Å². The number of aryl methyl sites for hydroxylation is 1. The van der Waals surface area contributed by atoms with E-state index in [-0.39, 0.29) is 5.91 Å². The predicted octanol–water partition coefficient (Wildman–Crippen LogP) is 3.11. The highest BCUT2D eigenvalue weighted by Crippen LogP contribution is 2.20. The minimum absolute atomic E-state index is 0.283. The van der Waals surface area contributed by atoms with Crippen LogP contribution in [0.5, 0.6) is 0 Å². The van der Waals surface area contributed by atoms with Gasteiger partial charge in [-0.25, -0.2) is 0 Å². The quantitative estimate of drug-likeness (QED) is 0.906. The molecule has 0 aliphatic heterocycles. The fourth-order valence-electron chi connectivity index (χ4n) is 1.74. The van der Waals surface area contributed by atoms with E-state index in [1.165, 1.54) is 6.07 Å². The molecule has 2 aromatic rings. The Morgan fingerprint density at radius 2 is 1.80 bits per heavy atom. The number of hydrogen-bond acceptors (Lipinski definition) is 2. The number of carbonyl (C=O) groups is 2. The molecule has 0 fully saturated rings. The van der Waals surface area contributed by atoms with Crippen LogP contribution in [0.4, 0.5) is 5.69 Å². The van der Waals surface area contributed by atoms with Gasteiger partial charge in [-0.2, -0.15) is 0 Å². The first-order valence-corrected chi connectivity index (χ1v) is 6.74. The molecule has 0 aliphatic rings. The highest BCUT2D eigenvalue weighted by atomic mass is 79.9. The molecule has 0 aliphatic carbocycles. The molecule has 0 saturated carbocycles. The molecule has 3 N–H and O–H groups in total. The van der Waals surface area contributed by atoms with Crippen molar-refractivity contribution >= 4 is 33.4 Å². The molecule has 0 radical (unpaired) electrons. The summed E-state index contributed by atoms with van der Waals surface area (Å²) >= 11 is 3.40. The van der Waals surface area contributed by atoms with Crippen LogP contribution in [0, 0.1) is 6.92 Å². The molecule has 102 valence electrons. The van der Waals surface area contributed by atoms with Crippen LogP contribution in [0.2, 0.25) is 0 Å². The Morgan fingerprint density at radius 3 is 2.45 bits per heavy atom. The summed E-state index contributed by atoms with van der Waals surface area (Å²) in [5, 5.41) is 2.78. The molecule has 0 unspecified atom stereocenters. The van der Waals surface area contributed by atoms with Crippen molar-refractivity contribution in [3.05, 3.63) is 63.6 Å². The monoisotopic (exact) mass is 332 g/mol. The fourth-order valence-corrected chi connectivity index (χ4v) is 1.99. The van der Waals surface area contributed by atoms with Crippen LogP contribution in [0.25, 0.3) is 0 Å². The van der Waals surface area contributed by atoms with Crippen molar-refractivity contribution in [3.8, 4) is 0 Å². The third-order valence-corrected chi connectivity index (χ3v) is 3.71. The molecule has 0 heterocycles. The van der Waals surface area contributed by atoms with Gasteiger partial charge in [0, 0.05) is 21.3 Å². The second-order valence-electron chi connectivity index (χ2n) is 4.36. The molecular formula is C15H13BrN2O2. The van der Waals surface area contributed by atoms with Crippen LogP contribution in [0.15, 0.2) is 46.9 Å². The number of nitrogens with two attached hydrogens (primary N) is 1. The Balaban J connectivity index is 2.21. The van der Waals surface area contributed by atoms with E-state index in [9.17, 15) is 9.59 Å². The van der Waals surface area contributed by atoms with Crippen molar-refractivity contribution in [1.82, 2.24) is 0 Å². The van der Waals surface area contributed by atoms with Crippen LogP contribution >= 0.6 is 15.9 Å². The van der Waals surface area contributed by atoms with Gasteiger partial charge in [-0.1, -0.05) is 22.0 Å². The average molecular weight is 333 g/mol. The number of halogens is 1. The van der Waals surface area contributed by atoms with Crippen LogP contribution in [0.1, 0.15) is 26.3 Å². The average Bonchev–Trinajstić information content (AvgIpc) is 2.43. The number of anilines is 1. The van der Waals surface area contributed by atoms with E-state index < -0.39 is 5.91 Å². The third kappa shape index (κ3) is 3.24. The molecule has 0 bridgehead atoms. The van der Waals surface area contributed by atoms with Gasteiger partial charge in [0.15, 0.2) is 0 Å². The molecule has 2 amide bonds. The third-order valence-electron chi connectivity index (χ3n) is 2.83. The van der Waals surface area contributed by atoms with Gasteiger partial charge in [-0.3, -0.25) is 9.59 Å². The van der Waals surface area contributed by atoms with Crippen LogP contribution in [-0.2, 0) is 0 Å². The van der Waals surface area contributed by atoms with Gasteiger partial charge >= 0.3 is 0 Å². The van der Waals surface area contributed by atoms with E-state index in [4.69, 9.17) is 5.73 Å². The highest BCUT2D eigenvalue weighted by Gasteiger charge is 2.09. The number of carbonyl (C=O) groups excluding carboxylic acids is 2. The molecule has 2 aromatic carbocycles. The molecule has 4 nitrogen and oxygen atoms in total. The Kier molecular flexibility index (Phi) is 4.20. The summed E-state index contributed by atoms with van der Waals surface area (Å²) in [5.41, 5.74) is 7.61. The standard InChI is InChI=1S/C15H13BrN2O2/c1-9-7-12(5-6-13(9)16)18-15(20)11-4-2-3-10(8-11)14(17)19/h2-8H,1H3,(H2,17,19)(H,18,20). The van der Waals surface area contributed by atoms with Gasteiger partial charge in [-0.15, -0.1) is 0 Å². The number of nitrogens with one attached hydrogen (secondary N) is 1. The summed E-state index contributed by atoms with van der Waals surface area (Å²) in [6.45, 7) is 1.94. The molecular weight excluding hydrogens is 320 g/mol. The van der Waals surface area contributed by atoms with E-state index in [0.29, 0.717) is 16.8 Å². The van der Waals surface area contributed by atoms with Crippen molar-refractivity contribution in [2.24, 2.45) is 5.73 Å². The zero-order chi connectivity index (χ0) is 14.7. The normalized spacial score (nSPS) is 10.1. The van der Waals surface area contributed by atoms with Crippen molar-refractivity contribution in [2.45, 2.75) is 6.92 Å². The molecule has 0 aromatic heterocycles. The zero-order valence-corrected chi connectivity index (χ0v) is 12.4. The first kappa shape index (κ1) is 14.3. The smallest absolute Gasteiger partial charge is 0.255 e. The SMILES string of the molecule is Cc1cc(NC(=O)c2cccc(C(N)=O)c2)ccc1Br. The second kappa shape index (κ2) is 5.88. The number of hydrogen-bond donors (Lipinski definition) is 2. The Labute approximate surface area is 125 Å². The molecule has 0 spiro atoms. The summed E-state index contributed by atoms with van der Waals surface area (Å²) in [7, 11) is 0. The summed E-state index contributed by atoms with van der Waals surface area (Å²) in [6, 6.07) is 11.8. The lowest BCUT2D eigenvalue weighted by molar-refractivity contribution is 0.1000. The lowest BCUT2D eigenvalue weighted by atomic mass is 10.1. The maximum atomic E-state index is 12.1. The topological polar surface area (TPSA) is 72.2 Å². The van der Waals surface area contributed by atoms with Crippen molar-refractivity contribution in [1.29, 1.82) is 0 Å². The summed E-state index contributed by atoms with van der Waals surface area (Å²) in [4.78, 5) is 23.2. The van der Waals surface area contributed by atoms with Crippen molar-refractivity contribution in [2.75, 3.05) is 5.32 Å². The van der Waals surface area contributed by atoms with Crippen molar-refractivity contribution < 1.29 is 9.59 Å². The van der Waals surface area contributed by atoms with Gasteiger partial charge in [-0.05, 0) is 48.9 Å². The first-order valence-electron chi connectivity index (χ1n) is 5.95. The van der Waals surface area contributed by atoms with Gasteiger partial charge in [0.2, 0.25) is 5.91 Å². The minimum Gasteiger partial charge on any atom is -0.366 e. The first-order chi connectivity index (χ1) is 9.47. The van der Waals surface area contributed by atoms with Gasteiger partial charge in [0.05, 0.1) is 0 Å². The second-order valence-corrected chi connectivity index (χ2v) is 5.22. The summed E-state index contributed by atoms with van der Waals surface area (Å²) in [5.74, 6) is -0.839. The van der Waals surface area contributed by atoms with Crippen molar-refractivity contribution in [3.63, 3.8) is 0 Å². The van der Waals surface area contributed by atoms with Crippen LogP contribution in [-0.4, -0.2) is 11.8 Å². The van der Waals surface area contributed by atoms with E-state index in [1.807, 2.05) is 19.1 Å². The number of benzene rings is 2. The minimum atomic E-state index is -0.556. The summed E-state index contributed by atoms with van der Waals surface area (Å²) < 4.78 is 0.978. The molecule has 0 atom stereocenters. The lowest BCUT2D eigenvalue weighted by Gasteiger charge is -2.07. The Morgan fingerprint density at radius 1 is 1.10 bits per heavy atom. The number of primary amides is 1. The van der Waals surface area contributed by atoms with Gasteiger partial charge < -0.3 is 11.1 Å². The predicted molar refractivity (Wildman–Crippen MR) is 81.8 cm³/mol. The molecule has 2 rings (SSSR count). The van der Waals surface area contributed by atoms with Gasteiger partial charge in [0.1, 0.15) is 0 Å². The highest BCUT2D eigenvalue weighted by molar-refractivity contribution is 9.10. The van der Waals surface area contributed by atoms with Crippen LogP contribution < -0.4 is 11.1 Å². The fraction of sp³-hybridized carbons (Fsp3) is 0.0667. The lowest BCUT2D eigenvalue weighted by Crippen LogP contribution is -2.15. The molecule has 5 heteroatoms. The maximum Gasteiger partial charge on any atom is 0.255 e. The van der Waals surface area contributed by atoms with Gasteiger partial charge in [0.25, 0.3) is 5.91 Å². The molecule has 0 saturated heterocycles. The number of amides is 2. The van der Waals surface area contributed by atoms with E-state index >= 15 is 0 Å². The van der Waals surface area contributed by atoms with Crippen LogP contribution in [0.3, 0.4) is 0 Å². The summed E-state index contributed by atoms with van der Waals surface area (Å²) in [6.07, 6.45) is 0. The maximum absolute atomic E-state index is 12.1. The Hall–Kier alpha value is -2.14. The largest absolute Gasteiger partial charge is 0.366 e.